The maximum absolute atomic E-state index is 12.6. The number of hydrogen-bond donors (Lipinski definition) is 2. The quantitative estimate of drug-likeness (QED) is 0.207. The average molecular weight is 430 g/mol. The molecule has 0 saturated carbocycles. The van der Waals surface area contributed by atoms with Gasteiger partial charge in [0.25, 0.3) is 0 Å². The standard InChI is InChI=1S/C22H31N5O4/c1-31-15-14-27(18-21(28)24-16-19-8-4-2-5-9-19)22(29)10-6-3-7-12-26-13-11-23-20(26)17-25-30/h2,4-5,8-9,11,13,17,30H,3,6-7,10,12,14-16,18H2,1H3,(H,24,28)/b25-17+. The molecule has 31 heavy (non-hydrogen) atoms. The van der Waals surface area contributed by atoms with Crippen LogP contribution in [0.4, 0.5) is 0 Å². The van der Waals surface area contributed by atoms with E-state index in [9.17, 15) is 9.59 Å². The molecule has 0 saturated heterocycles. The molecule has 1 aromatic heterocycles. The molecule has 2 N–H and O–H groups in total. The number of rotatable bonds is 14. The summed E-state index contributed by atoms with van der Waals surface area (Å²) in [5.41, 5.74) is 1.01. The van der Waals surface area contributed by atoms with Crippen LogP contribution in [-0.2, 0) is 27.4 Å². The molecule has 2 amide bonds. The second kappa shape index (κ2) is 13.9. The molecule has 9 nitrogen and oxygen atoms in total. The van der Waals surface area contributed by atoms with Gasteiger partial charge >= 0.3 is 0 Å². The number of methoxy groups -OCH3 is 1. The summed E-state index contributed by atoms with van der Waals surface area (Å²) in [6, 6.07) is 9.65. The van der Waals surface area contributed by atoms with Crippen LogP contribution in [-0.4, -0.2) is 64.5 Å². The van der Waals surface area contributed by atoms with E-state index in [1.807, 2.05) is 41.1 Å². The van der Waals surface area contributed by atoms with Gasteiger partial charge in [0, 0.05) is 45.6 Å². The van der Waals surface area contributed by atoms with Crippen LogP contribution in [0.25, 0.3) is 0 Å². The highest BCUT2D eigenvalue weighted by Gasteiger charge is 2.16. The van der Waals surface area contributed by atoms with Gasteiger partial charge in [0.05, 0.1) is 13.2 Å². The van der Waals surface area contributed by atoms with Gasteiger partial charge in [0.1, 0.15) is 6.21 Å². The van der Waals surface area contributed by atoms with Crippen LogP contribution in [0.2, 0.25) is 0 Å². The maximum atomic E-state index is 12.6. The lowest BCUT2D eigenvalue weighted by Crippen LogP contribution is -2.42. The Kier molecular flexibility index (Phi) is 10.8. The summed E-state index contributed by atoms with van der Waals surface area (Å²) in [4.78, 5) is 30.6. The number of hydrogen-bond acceptors (Lipinski definition) is 6. The first-order valence-electron chi connectivity index (χ1n) is 10.4. The van der Waals surface area contributed by atoms with Crippen molar-refractivity contribution >= 4 is 18.0 Å². The second-order valence-electron chi connectivity index (χ2n) is 7.10. The number of amides is 2. The molecule has 0 unspecified atom stereocenters. The number of unbranched alkanes of at least 4 members (excludes halogenated alkanes) is 2. The monoisotopic (exact) mass is 429 g/mol. The Morgan fingerprint density at radius 1 is 1.26 bits per heavy atom. The molecule has 1 aromatic carbocycles. The number of aryl methyl sites for hydroxylation is 1. The van der Waals surface area contributed by atoms with Crippen molar-refractivity contribution in [2.75, 3.05) is 26.8 Å². The molecule has 0 fully saturated rings. The number of oxime groups is 1. The minimum absolute atomic E-state index is 0.0217. The van der Waals surface area contributed by atoms with Gasteiger partial charge in [-0.3, -0.25) is 9.59 Å². The van der Waals surface area contributed by atoms with Crippen LogP contribution in [0.15, 0.2) is 47.9 Å². The zero-order chi connectivity index (χ0) is 22.3. The van der Waals surface area contributed by atoms with Gasteiger partial charge in [-0.1, -0.05) is 41.9 Å². The normalized spacial score (nSPS) is 11.0. The van der Waals surface area contributed by atoms with Crippen molar-refractivity contribution < 1.29 is 19.5 Å². The van der Waals surface area contributed by atoms with E-state index in [1.165, 1.54) is 6.21 Å². The van der Waals surface area contributed by atoms with Crippen LogP contribution >= 0.6 is 0 Å². The molecule has 1 heterocycles. The highest BCUT2D eigenvalue weighted by Crippen LogP contribution is 2.07. The number of imidazole rings is 1. The molecule has 0 aliphatic carbocycles. The Labute approximate surface area is 182 Å². The molecule has 0 spiro atoms. The fourth-order valence-electron chi connectivity index (χ4n) is 3.10. The van der Waals surface area contributed by atoms with E-state index in [2.05, 4.69) is 15.5 Å². The van der Waals surface area contributed by atoms with E-state index < -0.39 is 0 Å². The number of nitrogens with one attached hydrogen (secondary N) is 1. The summed E-state index contributed by atoms with van der Waals surface area (Å²) in [5, 5.41) is 14.5. The average Bonchev–Trinajstić information content (AvgIpc) is 3.22. The van der Waals surface area contributed by atoms with Gasteiger partial charge in [-0.05, 0) is 18.4 Å². The molecule has 0 aliphatic rings. The van der Waals surface area contributed by atoms with Crippen LogP contribution in [0.5, 0.6) is 0 Å². The molecule has 0 aliphatic heterocycles. The summed E-state index contributed by atoms with van der Waals surface area (Å²) in [7, 11) is 1.57. The maximum Gasteiger partial charge on any atom is 0.239 e. The lowest BCUT2D eigenvalue weighted by Gasteiger charge is -2.22. The first-order chi connectivity index (χ1) is 15.1. The summed E-state index contributed by atoms with van der Waals surface area (Å²) in [6.07, 6.45) is 7.60. The van der Waals surface area contributed by atoms with Crippen molar-refractivity contribution in [3.8, 4) is 0 Å². The fourth-order valence-corrected chi connectivity index (χ4v) is 3.10. The molecule has 9 heteroatoms. The number of benzene rings is 1. The summed E-state index contributed by atoms with van der Waals surface area (Å²) < 4.78 is 6.98. The summed E-state index contributed by atoms with van der Waals surface area (Å²) in [6.45, 7) is 1.95. The molecule has 0 radical (unpaired) electrons. The largest absolute Gasteiger partial charge is 0.411 e. The molecule has 0 atom stereocenters. The Bertz CT molecular complexity index is 822. The van der Waals surface area contributed by atoms with E-state index >= 15 is 0 Å². The third-order valence-corrected chi connectivity index (χ3v) is 4.80. The number of ether oxygens (including phenoxy) is 1. The van der Waals surface area contributed by atoms with E-state index in [0.29, 0.717) is 31.9 Å². The van der Waals surface area contributed by atoms with Crippen molar-refractivity contribution in [3.63, 3.8) is 0 Å². The van der Waals surface area contributed by atoms with Gasteiger partial charge in [-0.15, -0.1) is 0 Å². The van der Waals surface area contributed by atoms with Crippen LogP contribution in [0.3, 0.4) is 0 Å². The number of carbonyl (C=O) groups is 2. The number of aromatic nitrogens is 2. The first kappa shape index (κ1) is 24.1. The van der Waals surface area contributed by atoms with Gasteiger partial charge < -0.3 is 24.7 Å². The smallest absolute Gasteiger partial charge is 0.239 e. The zero-order valence-electron chi connectivity index (χ0n) is 17.9. The first-order valence-corrected chi connectivity index (χ1v) is 10.4. The third kappa shape index (κ3) is 9.00. The van der Waals surface area contributed by atoms with Gasteiger partial charge in [0.15, 0.2) is 5.82 Å². The zero-order valence-corrected chi connectivity index (χ0v) is 17.9. The van der Waals surface area contributed by atoms with Crippen LogP contribution < -0.4 is 5.32 Å². The number of nitrogens with zero attached hydrogens (tertiary/aromatic N) is 4. The summed E-state index contributed by atoms with van der Waals surface area (Å²) in [5.74, 6) is 0.347. The van der Waals surface area contributed by atoms with Crippen LogP contribution in [0, 0.1) is 0 Å². The second-order valence-corrected chi connectivity index (χ2v) is 7.10. The van der Waals surface area contributed by atoms with Crippen molar-refractivity contribution in [3.05, 3.63) is 54.1 Å². The highest BCUT2D eigenvalue weighted by atomic mass is 16.5. The minimum Gasteiger partial charge on any atom is -0.411 e. The Morgan fingerprint density at radius 3 is 2.81 bits per heavy atom. The van der Waals surface area contributed by atoms with Crippen LogP contribution in [0.1, 0.15) is 37.1 Å². The molecule has 168 valence electrons. The third-order valence-electron chi connectivity index (χ3n) is 4.80. The van der Waals surface area contributed by atoms with Gasteiger partial charge in [-0.25, -0.2) is 4.98 Å². The molecule has 2 rings (SSSR count). The molecular weight excluding hydrogens is 398 g/mol. The Morgan fingerprint density at radius 2 is 2.06 bits per heavy atom. The van der Waals surface area contributed by atoms with Crippen molar-refractivity contribution in [2.24, 2.45) is 5.16 Å². The van der Waals surface area contributed by atoms with Crippen molar-refractivity contribution in [1.82, 2.24) is 19.8 Å². The predicted molar refractivity (Wildman–Crippen MR) is 117 cm³/mol. The SMILES string of the molecule is COCCN(CC(=O)NCc1ccccc1)C(=O)CCCCCn1ccnc1/C=N/O. The Balaban J connectivity index is 1.72. The lowest BCUT2D eigenvalue weighted by atomic mass is 10.1. The van der Waals surface area contributed by atoms with Gasteiger partial charge in [0.2, 0.25) is 11.8 Å². The van der Waals surface area contributed by atoms with E-state index in [-0.39, 0.29) is 18.4 Å². The van der Waals surface area contributed by atoms with Crippen molar-refractivity contribution in [2.45, 2.75) is 38.8 Å². The number of carbonyl (C=O) groups excluding carboxylic acids is 2. The molecular formula is C22H31N5O4. The van der Waals surface area contributed by atoms with E-state index in [4.69, 9.17) is 9.94 Å². The minimum atomic E-state index is -0.188. The topological polar surface area (TPSA) is 109 Å². The highest BCUT2D eigenvalue weighted by molar-refractivity contribution is 5.84. The molecule has 2 aromatic rings. The lowest BCUT2D eigenvalue weighted by molar-refractivity contribution is -0.136. The molecule has 0 bridgehead atoms. The predicted octanol–water partition coefficient (Wildman–Crippen LogP) is 2.04. The van der Waals surface area contributed by atoms with Gasteiger partial charge in [-0.2, -0.15) is 0 Å². The Hall–Kier alpha value is -3.20. The van der Waals surface area contributed by atoms with E-state index in [1.54, 1.807) is 18.2 Å². The summed E-state index contributed by atoms with van der Waals surface area (Å²) >= 11 is 0. The van der Waals surface area contributed by atoms with Crippen molar-refractivity contribution in [1.29, 1.82) is 0 Å². The van der Waals surface area contributed by atoms with E-state index in [0.717, 1.165) is 31.4 Å². The fraction of sp³-hybridized carbons (Fsp3) is 0.455.